The van der Waals surface area contributed by atoms with Crippen molar-refractivity contribution in [1.29, 1.82) is 0 Å². The molecule has 1 aliphatic heterocycles. The highest BCUT2D eigenvalue weighted by atomic mass is 35.5. The van der Waals surface area contributed by atoms with Gasteiger partial charge in [-0.1, -0.05) is 68.7 Å². The van der Waals surface area contributed by atoms with Gasteiger partial charge in [-0.15, -0.1) is 0 Å². The third-order valence-electron chi connectivity index (χ3n) is 10.1. The second kappa shape index (κ2) is 15.2. The van der Waals surface area contributed by atoms with Gasteiger partial charge in [0.25, 0.3) is 0 Å². The molecule has 1 saturated heterocycles. The van der Waals surface area contributed by atoms with E-state index < -0.39 is 17.4 Å². The van der Waals surface area contributed by atoms with Crippen LogP contribution in [-0.4, -0.2) is 47.1 Å². The summed E-state index contributed by atoms with van der Waals surface area (Å²) in [6.45, 7) is 0. The Hall–Kier alpha value is -2.26. The van der Waals surface area contributed by atoms with Gasteiger partial charge in [-0.3, -0.25) is 14.3 Å². The van der Waals surface area contributed by atoms with E-state index >= 15 is 0 Å². The third-order valence-corrected chi connectivity index (χ3v) is 11.3. The predicted octanol–water partition coefficient (Wildman–Crippen LogP) is 6.29. The molecule has 5 rings (SSSR count). The first-order valence-corrected chi connectivity index (χ1v) is 17.5. The second-order valence-corrected chi connectivity index (χ2v) is 14.7. The molecule has 5 atom stereocenters. The first-order chi connectivity index (χ1) is 20.8. The normalized spacial score (nSPS) is 26.5. The molecule has 0 aromatic heterocycles. The number of amides is 3. The van der Waals surface area contributed by atoms with Crippen molar-refractivity contribution in [1.82, 2.24) is 15.4 Å². The summed E-state index contributed by atoms with van der Waals surface area (Å²) in [4.78, 5) is 51.2. The summed E-state index contributed by atoms with van der Waals surface area (Å²) in [7, 11) is 0. The molecule has 10 heteroatoms. The Morgan fingerprint density at radius 3 is 2.60 bits per heavy atom. The third kappa shape index (κ3) is 8.90. The highest BCUT2D eigenvalue weighted by Crippen LogP contribution is 2.40. The number of aldehydes is 1. The molecule has 4 unspecified atom stereocenters. The number of ether oxygens (including phenoxy) is 1. The molecule has 4 aliphatic rings. The molecule has 1 heterocycles. The van der Waals surface area contributed by atoms with Gasteiger partial charge in [0.2, 0.25) is 11.8 Å². The molecule has 3 aliphatic carbocycles. The highest BCUT2D eigenvalue weighted by Gasteiger charge is 2.46. The molecule has 3 amide bonds. The van der Waals surface area contributed by atoms with Crippen molar-refractivity contribution in [2.24, 2.45) is 17.8 Å². The molecule has 0 bridgehead atoms. The molecular formula is C33H46ClN3O5S. The van der Waals surface area contributed by atoms with Gasteiger partial charge in [-0.2, -0.15) is 0 Å². The van der Waals surface area contributed by atoms with Gasteiger partial charge in [0.05, 0.1) is 6.04 Å². The van der Waals surface area contributed by atoms with E-state index in [1.807, 2.05) is 24.3 Å². The SMILES string of the molecule is O=CC(CC1CC2(CCCC2)NC1=O)NC(=O)[C@H](CC1CCCCC1)SNC(=O)OC1CCCC1Cc1cccc(Cl)c1. The summed E-state index contributed by atoms with van der Waals surface area (Å²) in [5.41, 5.74) is 1.00. The fraction of sp³-hybridized carbons (Fsp3) is 0.697. The second-order valence-electron chi connectivity index (χ2n) is 13.3. The fourth-order valence-electron chi connectivity index (χ4n) is 7.85. The van der Waals surface area contributed by atoms with E-state index in [0.717, 1.165) is 107 Å². The van der Waals surface area contributed by atoms with E-state index in [-0.39, 0.29) is 35.3 Å². The zero-order valence-corrected chi connectivity index (χ0v) is 26.6. The van der Waals surface area contributed by atoms with Crippen LogP contribution in [-0.2, 0) is 25.5 Å². The lowest BCUT2D eigenvalue weighted by atomic mass is 9.86. The number of carbonyl (C=O) groups excluding carboxylic acids is 4. The van der Waals surface area contributed by atoms with Crippen LogP contribution in [0.5, 0.6) is 0 Å². The lowest BCUT2D eigenvalue weighted by molar-refractivity contribution is -0.126. The van der Waals surface area contributed by atoms with Gasteiger partial charge in [-0.25, -0.2) is 4.79 Å². The highest BCUT2D eigenvalue weighted by molar-refractivity contribution is 7.99. The number of rotatable bonds is 12. The smallest absolute Gasteiger partial charge is 0.417 e. The van der Waals surface area contributed by atoms with Crippen LogP contribution in [0.1, 0.15) is 102 Å². The van der Waals surface area contributed by atoms with Crippen LogP contribution < -0.4 is 15.4 Å². The molecule has 1 spiro atoms. The van der Waals surface area contributed by atoms with Gasteiger partial charge < -0.3 is 20.2 Å². The fourth-order valence-corrected chi connectivity index (χ4v) is 8.90. The Kier molecular flexibility index (Phi) is 11.3. The average Bonchev–Trinajstić information content (AvgIpc) is 3.71. The van der Waals surface area contributed by atoms with Crippen LogP contribution in [0.2, 0.25) is 5.02 Å². The van der Waals surface area contributed by atoms with Crippen molar-refractivity contribution in [2.45, 2.75) is 126 Å². The van der Waals surface area contributed by atoms with E-state index in [1.165, 1.54) is 6.42 Å². The summed E-state index contributed by atoms with van der Waals surface area (Å²) in [6.07, 6.45) is 15.1. The largest absolute Gasteiger partial charge is 0.445 e. The molecule has 1 aromatic rings. The van der Waals surface area contributed by atoms with Crippen molar-refractivity contribution in [3.8, 4) is 0 Å². The van der Waals surface area contributed by atoms with Crippen LogP contribution in [0.15, 0.2) is 24.3 Å². The number of carbonyl (C=O) groups is 4. The van der Waals surface area contributed by atoms with E-state index in [2.05, 4.69) is 15.4 Å². The maximum absolute atomic E-state index is 13.5. The maximum Gasteiger partial charge on any atom is 0.417 e. The number of hydrogen-bond donors (Lipinski definition) is 3. The van der Waals surface area contributed by atoms with Crippen molar-refractivity contribution in [3.05, 3.63) is 34.9 Å². The van der Waals surface area contributed by atoms with Crippen LogP contribution >= 0.6 is 23.5 Å². The van der Waals surface area contributed by atoms with Crippen LogP contribution in [0.4, 0.5) is 4.79 Å². The molecule has 3 N–H and O–H groups in total. The average molecular weight is 632 g/mol. The maximum atomic E-state index is 13.5. The topological polar surface area (TPSA) is 114 Å². The quantitative estimate of drug-likeness (QED) is 0.185. The standard InChI is InChI=1S/C33H46ClN3O5S/c34-26-12-6-10-23(17-26)16-24-11-7-13-28(24)42-32(41)37-43-29(18-22-8-2-1-3-9-22)31(40)35-27(21-38)19-25-20-33(36-30(25)39)14-4-5-15-33/h6,10,12,17,21-22,24-25,27-29H,1-5,7-9,11,13-16,18-20H2,(H,35,40)(H,36,39)(H,37,41)/t24?,25?,27?,28?,29-/m0/s1. The Morgan fingerprint density at radius 2 is 1.86 bits per heavy atom. The monoisotopic (exact) mass is 631 g/mol. The molecule has 1 aromatic carbocycles. The molecule has 0 radical (unpaired) electrons. The van der Waals surface area contributed by atoms with Crippen LogP contribution in [0.25, 0.3) is 0 Å². The first kappa shape index (κ1) is 32.1. The Balaban J connectivity index is 1.15. The van der Waals surface area contributed by atoms with Crippen molar-refractivity contribution in [3.63, 3.8) is 0 Å². The zero-order chi connectivity index (χ0) is 30.2. The summed E-state index contributed by atoms with van der Waals surface area (Å²) < 4.78 is 8.66. The van der Waals surface area contributed by atoms with Gasteiger partial charge >= 0.3 is 6.09 Å². The van der Waals surface area contributed by atoms with Gasteiger partial charge in [0.1, 0.15) is 17.6 Å². The number of nitrogens with one attached hydrogen (secondary N) is 3. The summed E-state index contributed by atoms with van der Waals surface area (Å²) >= 11 is 7.25. The van der Waals surface area contributed by atoms with Crippen molar-refractivity contribution < 1.29 is 23.9 Å². The van der Waals surface area contributed by atoms with Gasteiger partial charge in [-0.05, 0) is 93.3 Å². The Bertz CT molecular complexity index is 1140. The van der Waals surface area contributed by atoms with Gasteiger partial charge in [0, 0.05) is 22.4 Å². The minimum absolute atomic E-state index is 0.0129. The number of halogens is 1. The van der Waals surface area contributed by atoms with Gasteiger partial charge in [0.15, 0.2) is 0 Å². The molecule has 236 valence electrons. The summed E-state index contributed by atoms with van der Waals surface area (Å²) in [6, 6.07) is 7.05. The molecule has 8 nitrogen and oxygen atoms in total. The minimum Gasteiger partial charge on any atom is -0.445 e. The Morgan fingerprint density at radius 1 is 1.07 bits per heavy atom. The van der Waals surface area contributed by atoms with E-state index in [0.29, 0.717) is 23.8 Å². The minimum atomic E-state index is -0.744. The van der Waals surface area contributed by atoms with E-state index in [1.54, 1.807) is 0 Å². The molecule has 4 fully saturated rings. The lowest BCUT2D eigenvalue weighted by Crippen LogP contribution is -2.44. The first-order valence-electron chi connectivity index (χ1n) is 16.3. The van der Waals surface area contributed by atoms with E-state index in [4.69, 9.17) is 16.3 Å². The molecule has 43 heavy (non-hydrogen) atoms. The zero-order valence-electron chi connectivity index (χ0n) is 25.0. The molecular weight excluding hydrogens is 586 g/mol. The number of benzene rings is 1. The van der Waals surface area contributed by atoms with Crippen molar-refractivity contribution in [2.75, 3.05) is 0 Å². The molecule has 3 saturated carbocycles. The Labute approximate surface area is 264 Å². The number of hydrogen-bond acceptors (Lipinski definition) is 6. The van der Waals surface area contributed by atoms with Crippen LogP contribution in [0.3, 0.4) is 0 Å². The van der Waals surface area contributed by atoms with Crippen LogP contribution in [0, 0.1) is 17.8 Å². The van der Waals surface area contributed by atoms with Crippen molar-refractivity contribution >= 4 is 47.7 Å². The lowest BCUT2D eigenvalue weighted by Gasteiger charge is -2.27. The summed E-state index contributed by atoms with van der Waals surface area (Å²) in [5, 5.41) is 6.24. The summed E-state index contributed by atoms with van der Waals surface area (Å²) in [5.74, 6) is 0.0458. The van der Waals surface area contributed by atoms with E-state index in [9.17, 15) is 19.2 Å². The predicted molar refractivity (Wildman–Crippen MR) is 169 cm³/mol.